The summed E-state index contributed by atoms with van der Waals surface area (Å²) in [6, 6.07) is 7.31. The van der Waals surface area contributed by atoms with Gasteiger partial charge in [-0.3, -0.25) is 0 Å². The van der Waals surface area contributed by atoms with Gasteiger partial charge in [0, 0.05) is 5.92 Å². The van der Waals surface area contributed by atoms with Crippen molar-refractivity contribution in [2.24, 2.45) is 23.7 Å². The number of carbonyl (C=O) groups is 1. The number of benzene rings is 1. The molecule has 3 aliphatic carbocycles. The molecule has 3 aliphatic rings. The highest BCUT2D eigenvalue weighted by Gasteiger charge is 2.43. The minimum absolute atomic E-state index is 0.164. The zero-order valence-corrected chi connectivity index (χ0v) is 19.0. The summed E-state index contributed by atoms with van der Waals surface area (Å²) < 4.78 is 0. The third-order valence-corrected chi connectivity index (χ3v) is 8.06. The molecule has 32 heavy (non-hydrogen) atoms. The predicted octanol–water partition coefficient (Wildman–Crippen LogP) is 5.54. The molecule has 0 radical (unpaired) electrons. The Balaban J connectivity index is 1.21. The van der Waals surface area contributed by atoms with Crippen molar-refractivity contribution >= 4 is 5.97 Å². The van der Waals surface area contributed by atoms with Crippen LogP contribution in [0.1, 0.15) is 80.1 Å². The van der Waals surface area contributed by atoms with E-state index >= 15 is 0 Å². The predicted molar refractivity (Wildman–Crippen MR) is 126 cm³/mol. The molecule has 1 aromatic rings. The van der Waals surface area contributed by atoms with E-state index in [4.69, 9.17) is 0 Å². The first kappa shape index (κ1) is 23.3. The van der Waals surface area contributed by atoms with Crippen molar-refractivity contribution in [3.63, 3.8) is 0 Å². The van der Waals surface area contributed by atoms with Crippen molar-refractivity contribution in [1.29, 1.82) is 0 Å². The largest absolute Gasteiger partial charge is 0.478 e. The fourth-order valence-corrected chi connectivity index (χ4v) is 6.28. The molecule has 5 atom stereocenters. The average molecular weight is 439 g/mol. The Morgan fingerprint density at radius 1 is 1.09 bits per heavy atom. The minimum Gasteiger partial charge on any atom is -0.478 e. The zero-order valence-electron chi connectivity index (χ0n) is 19.0. The molecule has 0 aliphatic heterocycles. The number of hydrogen-bond acceptors (Lipinski definition) is 3. The Labute approximate surface area is 192 Å². The third kappa shape index (κ3) is 5.52. The second-order valence-corrected chi connectivity index (χ2v) is 10.2. The Morgan fingerprint density at radius 3 is 2.62 bits per heavy atom. The van der Waals surface area contributed by atoms with Crippen molar-refractivity contribution in [3.8, 4) is 0 Å². The smallest absolute Gasteiger partial charge is 0.335 e. The zero-order chi connectivity index (χ0) is 22.5. The Morgan fingerprint density at radius 2 is 1.84 bits per heavy atom. The van der Waals surface area contributed by atoms with Crippen LogP contribution in [-0.4, -0.2) is 33.5 Å². The molecule has 174 valence electrons. The lowest BCUT2D eigenvalue weighted by Gasteiger charge is -2.20. The maximum absolute atomic E-state index is 11.3. The lowest BCUT2D eigenvalue weighted by atomic mass is 9.88. The van der Waals surface area contributed by atoms with Gasteiger partial charge in [0.1, 0.15) is 0 Å². The standard InChI is InChI=1S/C28H38O4/c29-26(21-11-4-5-12-21)15-14-24-25-17-19(16-22(25)18-27(24)30)8-2-1-3-9-20-10-6-7-13-23(20)28(31)32/h6-7,10,13-16,21-22,24-27,29-30H,1-5,8-9,11-12,17-18H2,(H,31,32)/b15-14+/t22-,24-,25-,26+,27+/m0/s1. The second-order valence-electron chi connectivity index (χ2n) is 10.2. The number of carboxylic acid groups (broad SMARTS) is 1. The van der Waals surface area contributed by atoms with E-state index in [-0.39, 0.29) is 18.1 Å². The molecule has 1 aromatic carbocycles. The molecule has 4 nitrogen and oxygen atoms in total. The molecule has 0 aromatic heterocycles. The Hall–Kier alpha value is -1.91. The van der Waals surface area contributed by atoms with Crippen LogP contribution in [-0.2, 0) is 6.42 Å². The lowest BCUT2D eigenvalue weighted by Crippen LogP contribution is -2.19. The molecule has 0 saturated heterocycles. The molecule has 0 unspecified atom stereocenters. The summed E-state index contributed by atoms with van der Waals surface area (Å²) in [5.41, 5.74) is 2.88. The maximum Gasteiger partial charge on any atom is 0.335 e. The van der Waals surface area contributed by atoms with Crippen LogP contribution in [0.15, 0.2) is 48.1 Å². The van der Waals surface area contributed by atoms with Crippen molar-refractivity contribution < 1.29 is 20.1 Å². The van der Waals surface area contributed by atoms with Crippen molar-refractivity contribution in [2.45, 2.75) is 82.8 Å². The summed E-state index contributed by atoms with van der Waals surface area (Å²) in [5, 5.41) is 30.4. The normalized spacial score (nSPS) is 28.9. The van der Waals surface area contributed by atoms with E-state index in [1.807, 2.05) is 18.2 Å². The number of carboxylic acids is 1. The van der Waals surface area contributed by atoms with Crippen LogP contribution in [0.4, 0.5) is 0 Å². The summed E-state index contributed by atoms with van der Waals surface area (Å²) in [5.74, 6) is 0.678. The Kier molecular flexibility index (Phi) is 7.85. The summed E-state index contributed by atoms with van der Waals surface area (Å²) in [4.78, 5) is 11.3. The highest BCUT2D eigenvalue weighted by Crippen LogP contribution is 2.48. The topological polar surface area (TPSA) is 77.8 Å². The summed E-state index contributed by atoms with van der Waals surface area (Å²) in [7, 11) is 0. The molecular weight excluding hydrogens is 400 g/mol. The molecular formula is C28H38O4. The van der Waals surface area contributed by atoms with Gasteiger partial charge in [-0.05, 0) is 80.8 Å². The van der Waals surface area contributed by atoms with Crippen molar-refractivity contribution in [3.05, 3.63) is 59.2 Å². The molecule has 2 saturated carbocycles. The van der Waals surface area contributed by atoms with Crippen LogP contribution >= 0.6 is 0 Å². The molecule has 2 fully saturated rings. The van der Waals surface area contributed by atoms with Crippen LogP contribution in [0.3, 0.4) is 0 Å². The van der Waals surface area contributed by atoms with Crippen LogP contribution in [0.2, 0.25) is 0 Å². The fourth-order valence-electron chi connectivity index (χ4n) is 6.28. The van der Waals surface area contributed by atoms with Gasteiger partial charge in [-0.15, -0.1) is 0 Å². The van der Waals surface area contributed by atoms with Crippen LogP contribution in [0.5, 0.6) is 0 Å². The number of aryl methyl sites for hydroxylation is 1. The van der Waals surface area contributed by atoms with Crippen molar-refractivity contribution in [2.75, 3.05) is 0 Å². The number of rotatable bonds is 10. The number of aliphatic hydroxyl groups excluding tert-OH is 2. The first-order valence-corrected chi connectivity index (χ1v) is 12.6. The molecule has 0 spiro atoms. The van der Waals surface area contributed by atoms with Gasteiger partial charge in [-0.2, -0.15) is 0 Å². The Bertz CT molecular complexity index is 836. The van der Waals surface area contributed by atoms with E-state index in [1.165, 1.54) is 18.4 Å². The van der Waals surface area contributed by atoms with Gasteiger partial charge in [0.2, 0.25) is 0 Å². The van der Waals surface area contributed by atoms with Gasteiger partial charge in [-0.25, -0.2) is 4.79 Å². The number of unbranched alkanes of at least 4 members (excludes halogenated alkanes) is 2. The van der Waals surface area contributed by atoms with E-state index in [9.17, 15) is 20.1 Å². The van der Waals surface area contributed by atoms with Gasteiger partial charge in [0.15, 0.2) is 0 Å². The highest BCUT2D eigenvalue weighted by atomic mass is 16.4. The summed E-state index contributed by atoms with van der Waals surface area (Å²) in [6.07, 6.45) is 17.6. The summed E-state index contributed by atoms with van der Waals surface area (Å²) in [6.45, 7) is 0. The van der Waals surface area contributed by atoms with E-state index < -0.39 is 5.97 Å². The van der Waals surface area contributed by atoms with Crippen LogP contribution < -0.4 is 0 Å². The monoisotopic (exact) mass is 438 g/mol. The number of hydrogen-bond donors (Lipinski definition) is 3. The molecule has 0 bridgehead atoms. The molecule has 4 heteroatoms. The van der Waals surface area contributed by atoms with E-state index in [2.05, 4.69) is 12.2 Å². The van der Waals surface area contributed by atoms with E-state index in [0.717, 1.165) is 63.4 Å². The van der Waals surface area contributed by atoms with Gasteiger partial charge < -0.3 is 15.3 Å². The first-order valence-electron chi connectivity index (χ1n) is 12.6. The van der Waals surface area contributed by atoms with Gasteiger partial charge >= 0.3 is 5.97 Å². The van der Waals surface area contributed by atoms with Gasteiger partial charge in [0.25, 0.3) is 0 Å². The van der Waals surface area contributed by atoms with E-state index in [1.54, 1.807) is 12.1 Å². The molecule has 4 rings (SSSR count). The minimum atomic E-state index is -0.843. The fraction of sp³-hybridized carbons (Fsp3) is 0.607. The number of aromatic carboxylic acids is 1. The molecule has 3 N–H and O–H groups in total. The van der Waals surface area contributed by atoms with E-state index in [0.29, 0.717) is 23.3 Å². The van der Waals surface area contributed by atoms with Gasteiger partial charge in [0.05, 0.1) is 17.8 Å². The average Bonchev–Trinajstić information content (AvgIpc) is 3.49. The second kappa shape index (κ2) is 10.8. The number of fused-ring (bicyclic) bond motifs is 1. The summed E-state index contributed by atoms with van der Waals surface area (Å²) >= 11 is 0. The maximum atomic E-state index is 11.3. The van der Waals surface area contributed by atoms with Crippen molar-refractivity contribution in [1.82, 2.24) is 0 Å². The highest BCUT2D eigenvalue weighted by molar-refractivity contribution is 5.89. The quantitative estimate of drug-likeness (QED) is 0.331. The third-order valence-electron chi connectivity index (χ3n) is 8.06. The molecule has 0 heterocycles. The van der Waals surface area contributed by atoms with Gasteiger partial charge in [-0.1, -0.05) is 61.3 Å². The number of allylic oxidation sites excluding steroid dienone is 2. The first-order chi connectivity index (χ1) is 15.5. The lowest BCUT2D eigenvalue weighted by molar-refractivity contribution is 0.0695. The van der Waals surface area contributed by atoms with Crippen LogP contribution in [0.25, 0.3) is 0 Å². The number of aliphatic hydroxyl groups is 2. The molecule has 0 amide bonds. The SMILES string of the molecule is O=C(O)c1ccccc1CCCCCC1=C[C@H]2C[C@@H](O)[C@@H](/C=C/[C@@H](O)C3CCCC3)[C@H]2C1. The van der Waals surface area contributed by atoms with Crippen LogP contribution in [0, 0.1) is 23.7 Å².